The van der Waals surface area contributed by atoms with Gasteiger partial charge in [0.05, 0.1) is 11.0 Å². The van der Waals surface area contributed by atoms with Crippen LogP contribution in [0, 0.1) is 0 Å². The lowest BCUT2D eigenvalue weighted by Gasteiger charge is -2.27. The number of nitrogens with one attached hydrogen (secondary N) is 3. The normalized spacial score (nSPS) is 15.7. The molecule has 0 saturated heterocycles. The molecule has 0 spiro atoms. The average Bonchev–Trinajstić information content (AvgIpc) is 3.42. The highest BCUT2D eigenvalue weighted by Gasteiger charge is 2.23. The molecule has 9 nitrogen and oxygen atoms in total. The van der Waals surface area contributed by atoms with Crippen LogP contribution in [0.4, 0.5) is 11.4 Å². The van der Waals surface area contributed by atoms with Crippen molar-refractivity contribution in [2.45, 2.75) is 29.9 Å². The van der Waals surface area contributed by atoms with Crippen LogP contribution in [0.3, 0.4) is 0 Å². The molecule has 41 heavy (non-hydrogen) atoms. The highest BCUT2D eigenvalue weighted by atomic mass is 32.2. The Hall–Kier alpha value is -4.38. The number of rotatable bonds is 9. The molecule has 2 unspecified atom stereocenters. The summed E-state index contributed by atoms with van der Waals surface area (Å²) < 4.78 is 35.1. The number of aliphatic hydroxyl groups is 1. The summed E-state index contributed by atoms with van der Waals surface area (Å²) in [6, 6.07) is 25.2. The van der Waals surface area contributed by atoms with Crippen LogP contribution in [0.2, 0.25) is 0 Å². The van der Waals surface area contributed by atoms with Gasteiger partial charge in [-0.25, -0.2) is 13.4 Å². The molecule has 6 rings (SSSR count). The number of pyridine rings is 1. The van der Waals surface area contributed by atoms with Crippen LogP contribution in [0.5, 0.6) is 5.75 Å². The van der Waals surface area contributed by atoms with Crippen molar-refractivity contribution in [3.05, 3.63) is 102 Å². The van der Waals surface area contributed by atoms with Crippen molar-refractivity contribution in [3.8, 4) is 17.0 Å². The van der Waals surface area contributed by atoms with Gasteiger partial charge in [-0.3, -0.25) is 4.72 Å². The van der Waals surface area contributed by atoms with Crippen LogP contribution in [0.15, 0.2) is 96.0 Å². The van der Waals surface area contributed by atoms with E-state index in [4.69, 9.17) is 10.5 Å². The van der Waals surface area contributed by atoms with Gasteiger partial charge in [-0.2, -0.15) is 0 Å². The molecule has 1 aliphatic rings. The number of anilines is 2. The summed E-state index contributed by atoms with van der Waals surface area (Å²) in [6.45, 7) is 0.956. The van der Waals surface area contributed by atoms with Gasteiger partial charge in [0.15, 0.2) is 0 Å². The molecule has 0 radical (unpaired) electrons. The number of nitrogens with two attached hydrogens (primary N) is 1. The van der Waals surface area contributed by atoms with E-state index in [-0.39, 0.29) is 11.0 Å². The molecular formula is C31H31N5O4S. The summed E-state index contributed by atoms with van der Waals surface area (Å²) in [5.74, 6) is 0.679. The van der Waals surface area contributed by atoms with E-state index >= 15 is 0 Å². The number of aromatic amines is 1. The Morgan fingerprint density at radius 1 is 1.05 bits per heavy atom. The van der Waals surface area contributed by atoms with Crippen LogP contribution in [0.1, 0.15) is 23.7 Å². The smallest absolute Gasteiger partial charge is 0.261 e. The molecule has 3 heterocycles. The van der Waals surface area contributed by atoms with E-state index in [9.17, 15) is 13.5 Å². The van der Waals surface area contributed by atoms with Crippen molar-refractivity contribution in [1.82, 2.24) is 15.3 Å². The second-order valence-corrected chi connectivity index (χ2v) is 11.9. The number of benzene rings is 3. The third-order valence-electron chi connectivity index (χ3n) is 7.24. The lowest BCUT2D eigenvalue weighted by Crippen LogP contribution is -2.36. The number of aromatic nitrogens is 2. The van der Waals surface area contributed by atoms with Gasteiger partial charge >= 0.3 is 0 Å². The number of sulfonamides is 1. The number of aliphatic hydroxyl groups excluding tert-OH is 1. The highest BCUT2D eigenvalue weighted by Crippen LogP contribution is 2.31. The monoisotopic (exact) mass is 569 g/mol. The molecule has 210 valence electrons. The lowest BCUT2D eigenvalue weighted by atomic mass is 10.0. The third kappa shape index (κ3) is 6.04. The summed E-state index contributed by atoms with van der Waals surface area (Å²) in [5.41, 5.74) is 11.1. The molecule has 0 fully saturated rings. The van der Waals surface area contributed by atoms with E-state index in [1.165, 1.54) is 0 Å². The van der Waals surface area contributed by atoms with Gasteiger partial charge in [-0.15, -0.1) is 0 Å². The van der Waals surface area contributed by atoms with Gasteiger partial charge < -0.3 is 25.9 Å². The van der Waals surface area contributed by atoms with E-state index < -0.39 is 16.1 Å². The topological polar surface area (TPSA) is 142 Å². The first kappa shape index (κ1) is 26.8. The van der Waals surface area contributed by atoms with Crippen molar-refractivity contribution in [3.63, 3.8) is 0 Å². The van der Waals surface area contributed by atoms with Crippen molar-refractivity contribution < 1.29 is 18.3 Å². The van der Waals surface area contributed by atoms with Crippen LogP contribution < -0.4 is 20.5 Å². The second-order valence-electron chi connectivity index (χ2n) is 10.2. The van der Waals surface area contributed by atoms with Gasteiger partial charge in [0, 0.05) is 41.7 Å². The minimum absolute atomic E-state index is 0.0757. The number of ether oxygens (including phenoxy) is 1. The van der Waals surface area contributed by atoms with E-state index in [1.807, 2.05) is 42.5 Å². The lowest BCUT2D eigenvalue weighted by molar-refractivity contribution is 0.146. The molecule has 0 aliphatic carbocycles. The van der Waals surface area contributed by atoms with E-state index in [0.29, 0.717) is 36.6 Å². The largest absolute Gasteiger partial charge is 0.489 e. The van der Waals surface area contributed by atoms with Gasteiger partial charge in [0.25, 0.3) is 10.0 Å². The molecule has 1 aliphatic heterocycles. The number of aryl methyl sites for hydroxylation is 1. The number of H-pyrrole nitrogens is 1. The molecule has 0 amide bonds. The quantitative estimate of drug-likeness (QED) is 0.163. The van der Waals surface area contributed by atoms with E-state index in [2.05, 4.69) is 20.0 Å². The standard InChI is InChI=1S/C31H31N5O4S/c32-24-8-3-21(4-9-24)29(37)19-33-18-26-12-7-22-16-27(13-14-30(22)40-26)41(38,39)36-25-10-5-20(6-11-25)28-17-23-2-1-15-34-31(23)35-28/h1-6,8-11,13-17,26,29,33,36-37H,7,12,18-19,32H2,(H,34,35). The first-order chi connectivity index (χ1) is 19.8. The third-order valence-corrected chi connectivity index (χ3v) is 8.62. The minimum atomic E-state index is -3.78. The first-order valence-electron chi connectivity index (χ1n) is 13.4. The Bertz CT molecular complexity index is 1740. The van der Waals surface area contributed by atoms with Gasteiger partial charge in [0.1, 0.15) is 17.5 Å². The predicted molar refractivity (Wildman–Crippen MR) is 160 cm³/mol. The molecule has 3 aromatic carbocycles. The molecule has 0 bridgehead atoms. The first-order valence-corrected chi connectivity index (χ1v) is 14.9. The van der Waals surface area contributed by atoms with Crippen molar-refractivity contribution in [2.24, 2.45) is 0 Å². The number of nitrogen functional groups attached to an aromatic ring is 1. The summed E-state index contributed by atoms with van der Waals surface area (Å²) >= 11 is 0. The fraction of sp³-hybridized carbons (Fsp3) is 0.194. The number of fused-ring (bicyclic) bond motifs is 2. The maximum atomic E-state index is 13.2. The predicted octanol–water partition coefficient (Wildman–Crippen LogP) is 4.63. The van der Waals surface area contributed by atoms with Crippen LogP contribution in [0.25, 0.3) is 22.3 Å². The summed E-state index contributed by atoms with van der Waals surface area (Å²) in [6.07, 6.45) is 2.45. The Morgan fingerprint density at radius 2 is 1.85 bits per heavy atom. The van der Waals surface area contributed by atoms with Gasteiger partial charge in [-0.1, -0.05) is 24.3 Å². The number of nitrogens with zero attached hydrogens (tertiary/aromatic N) is 1. The number of hydrogen-bond donors (Lipinski definition) is 5. The molecule has 2 atom stereocenters. The zero-order chi connectivity index (χ0) is 28.4. The maximum absolute atomic E-state index is 13.2. The Kier molecular flexibility index (Phi) is 7.36. The average molecular weight is 570 g/mol. The molecule has 2 aromatic heterocycles. The second kappa shape index (κ2) is 11.2. The molecule has 10 heteroatoms. The summed E-state index contributed by atoms with van der Waals surface area (Å²) in [4.78, 5) is 7.79. The van der Waals surface area contributed by atoms with Crippen LogP contribution >= 0.6 is 0 Å². The van der Waals surface area contributed by atoms with Crippen LogP contribution in [-0.4, -0.2) is 42.7 Å². The van der Waals surface area contributed by atoms with Crippen LogP contribution in [-0.2, 0) is 16.4 Å². The fourth-order valence-electron chi connectivity index (χ4n) is 4.99. The summed E-state index contributed by atoms with van der Waals surface area (Å²) in [7, 11) is -3.78. The molecule has 5 aromatic rings. The Balaban J connectivity index is 1.05. The fourth-order valence-corrected chi connectivity index (χ4v) is 6.10. The SMILES string of the molecule is Nc1ccc(C(O)CNCC2CCc3cc(S(=O)(=O)Nc4ccc(-c5cc6cccnc6[nH]5)cc4)ccc3O2)cc1. The van der Waals surface area contributed by atoms with E-state index in [1.54, 1.807) is 48.7 Å². The van der Waals surface area contributed by atoms with Crippen molar-refractivity contribution in [2.75, 3.05) is 23.5 Å². The van der Waals surface area contributed by atoms with E-state index in [0.717, 1.165) is 39.8 Å². The molecule has 6 N–H and O–H groups in total. The zero-order valence-corrected chi connectivity index (χ0v) is 23.1. The van der Waals surface area contributed by atoms with Crippen molar-refractivity contribution in [1.29, 1.82) is 0 Å². The molecule has 0 saturated carbocycles. The highest BCUT2D eigenvalue weighted by molar-refractivity contribution is 7.92. The van der Waals surface area contributed by atoms with Crippen molar-refractivity contribution >= 4 is 32.4 Å². The Labute approximate surface area is 238 Å². The number of hydrogen-bond acceptors (Lipinski definition) is 7. The van der Waals surface area contributed by atoms with Gasteiger partial charge in [-0.05, 0) is 90.2 Å². The minimum Gasteiger partial charge on any atom is -0.489 e. The zero-order valence-electron chi connectivity index (χ0n) is 22.2. The maximum Gasteiger partial charge on any atom is 0.261 e. The van der Waals surface area contributed by atoms with Gasteiger partial charge in [0.2, 0.25) is 0 Å². The summed E-state index contributed by atoms with van der Waals surface area (Å²) in [5, 5.41) is 14.7. The molecular weight excluding hydrogens is 538 g/mol. The Morgan fingerprint density at radius 3 is 2.63 bits per heavy atom.